The molecule has 1 heterocycles. The first kappa shape index (κ1) is 28.1. The lowest BCUT2D eigenvalue weighted by Gasteiger charge is -2.37. The molecule has 0 N–H and O–H groups in total. The molecule has 1 fully saturated rings. The van der Waals surface area contributed by atoms with Crippen LogP contribution in [0.25, 0.3) is 0 Å². The van der Waals surface area contributed by atoms with Crippen molar-refractivity contribution in [3.05, 3.63) is 94.0 Å². The highest BCUT2D eigenvalue weighted by Crippen LogP contribution is 2.26. The van der Waals surface area contributed by atoms with Gasteiger partial charge in [-0.1, -0.05) is 54.2 Å². The minimum Gasteiger partial charge on any atom is -0.345 e. The van der Waals surface area contributed by atoms with Gasteiger partial charge in [0.25, 0.3) is 5.91 Å². The predicted molar refractivity (Wildman–Crippen MR) is 152 cm³/mol. The molecule has 1 aromatic heterocycles. The summed E-state index contributed by atoms with van der Waals surface area (Å²) in [6, 6.07) is 18.0. The Morgan fingerprint density at radius 3 is 2.37 bits per heavy atom. The highest BCUT2D eigenvalue weighted by atomic mass is 79.9. The third kappa shape index (κ3) is 7.13. The second-order valence-electron chi connectivity index (χ2n) is 10.3. The molecule has 1 saturated carbocycles. The van der Waals surface area contributed by atoms with E-state index in [0.29, 0.717) is 18.7 Å². The number of halogens is 2. The van der Waals surface area contributed by atoms with Crippen LogP contribution >= 0.6 is 15.9 Å². The van der Waals surface area contributed by atoms with Crippen molar-refractivity contribution in [1.82, 2.24) is 14.4 Å². The van der Waals surface area contributed by atoms with Gasteiger partial charge in [-0.05, 0) is 80.3 Å². The van der Waals surface area contributed by atoms with Gasteiger partial charge in [0.1, 0.15) is 12.4 Å². The van der Waals surface area contributed by atoms with Gasteiger partial charge in [0.05, 0.1) is 6.54 Å². The van der Waals surface area contributed by atoms with Crippen LogP contribution < -0.4 is 0 Å². The van der Waals surface area contributed by atoms with Crippen LogP contribution in [0.5, 0.6) is 0 Å². The number of carbonyl (C=O) groups is 2. The Bertz CT molecular complexity index is 1200. The first-order valence-electron chi connectivity index (χ1n) is 13.6. The predicted octanol–water partition coefficient (Wildman–Crippen LogP) is 7.04. The van der Waals surface area contributed by atoms with Gasteiger partial charge in [0.15, 0.2) is 0 Å². The first-order chi connectivity index (χ1) is 18.4. The van der Waals surface area contributed by atoms with Crippen LogP contribution in [-0.2, 0) is 17.9 Å². The summed E-state index contributed by atoms with van der Waals surface area (Å²) in [5, 5.41) is 0. The van der Waals surface area contributed by atoms with Crippen molar-refractivity contribution in [2.75, 3.05) is 6.54 Å². The molecule has 7 heteroatoms. The maximum atomic E-state index is 14.0. The molecule has 4 rings (SSSR count). The summed E-state index contributed by atoms with van der Waals surface area (Å²) in [7, 11) is 0. The number of amides is 2. The van der Waals surface area contributed by atoms with Gasteiger partial charge >= 0.3 is 0 Å². The molecule has 0 saturated heterocycles. The zero-order valence-corrected chi connectivity index (χ0v) is 23.9. The monoisotopic (exact) mass is 581 g/mol. The summed E-state index contributed by atoms with van der Waals surface area (Å²) in [5.41, 5.74) is 2.61. The Kier molecular flexibility index (Phi) is 9.78. The molecule has 5 nitrogen and oxygen atoms in total. The lowest BCUT2D eigenvalue weighted by molar-refractivity contribution is -0.136. The Morgan fingerprint density at radius 2 is 1.71 bits per heavy atom. The van der Waals surface area contributed by atoms with E-state index in [-0.39, 0.29) is 36.3 Å². The Hall–Kier alpha value is -2.93. The molecule has 1 aliphatic carbocycles. The van der Waals surface area contributed by atoms with Crippen LogP contribution in [0.1, 0.15) is 74.0 Å². The largest absolute Gasteiger partial charge is 0.345 e. The van der Waals surface area contributed by atoms with Gasteiger partial charge < -0.3 is 14.4 Å². The molecule has 3 aromatic rings. The van der Waals surface area contributed by atoms with Gasteiger partial charge in [0.2, 0.25) is 5.91 Å². The Balaban J connectivity index is 1.56. The van der Waals surface area contributed by atoms with Crippen LogP contribution in [0.2, 0.25) is 0 Å². The van der Waals surface area contributed by atoms with E-state index in [1.807, 2.05) is 49.2 Å². The van der Waals surface area contributed by atoms with Crippen LogP contribution in [0, 0.1) is 5.82 Å². The van der Waals surface area contributed by atoms with Gasteiger partial charge in [-0.25, -0.2) is 4.39 Å². The fourth-order valence-electron chi connectivity index (χ4n) is 5.16. The molecule has 2 aromatic carbocycles. The Labute approximate surface area is 233 Å². The summed E-state index contributed by atoms with van der Waals surface area (Å²) in [6.07, 6.45) is 8.14. The van der Waals surface area contributed by atoms with Crippen molar-refractivity contribution in [3.63, 3.8) is 0 Å². The molecular formula is C31H37BrFN3O2. The summed E-state index contributed by atoms with van der Waals surface area (Å²) >= 11 is 3.43. The molecule has 2 amide bonds. The van der Waals surface area contributed by atoms with E-state index in [2.05, 4.69) is 20.5 Å². The van der Waals surface area contributed by atoms with E-state index in [1.54, 1.807) is 29.2 Å². The standard InChI is InChI=1S/C31H37BrFN3O2/c1-3-23(2)35(31(38)25-13-15-26(32)16-14-25)22-30(37)36(28-8-5-4-6-9-28)21-29-10-7-19-34(29)20-24-11-17-27(33)18-12-24/h7,10-19,23,28H,3-6,8-9,20-22H2,1-2H3. The quantitative estimate of drug-likeness (QED) is 0.258. The third-order valence-corrected chi connectivity index (χ3v) is 8.17. The highest BCUT2D eigenvalue weighted by Gasteiger charge is 2.30. The van der Waals surface area contributed by atoms with E-state index in [4.69, 9.17) is 0 Å². The van der Waals surface area contributed by atoms with Crippen LogP contribution in [0.4, 0.5) is 4.39 Å². The molecule has 0 bridgehead atoms. The van der Waals surface area contributed by atoms with Gasteiger partial charge in [0, 0.05) is 40.6 Å². The molecule has 202 valence electrons. The first-order valence-corrected chi connectivity index (χ1v) is 14.4. The molecule has 1 aliphatic rings. The molecule has 0 spiro atoms. The normalized spacial score (nSPS) is 14.7. The van der Waals surface area contributed by atoms with Crippen molar-refractivity contribution in [1.29, 1.82) is 0 Å². The number of aromatic nitrogens is 1. The molecule has 1 atom stereocenters. The summed E-state index contributed by atoms with van der Waals surface area (Å²) in [4.78, 5) is 31.2. The molecule has 38 heavy (non-hydrogen) atoms. The summed E-state index contributed by atoms with van der Waals surface area (Å²) in [5.74, 6) is -0.389. The summed E-state index contributed by atoms with van der Waals surface area (Å²) in [6.45, 7) is 5.19. The van der Waals surface area contributed by atoms with E-state index in [9.17, 15) is 14.0 Å². The third-order valence-electron chi connectivity index (χ3n) is 7.64. The van der Waals surface area contributed by atoms with E-state index < -0.39 is 0 Å². The highest BCUT2D eigenvalue weighted by molar-refractivity contribution is 9.10. The number of benzene rings is 2. The fraction of sp³-hybridized carbons (Fsp3) is 0.419. The van der Waals surface area contributed by atoms with Gasteiger partial charge in [-0.3, -0.25) is 9.59 Å². The van der Waals surface area contributed by atoms with Crippen molar-refractivity contribution >= 4 is 27.7 Å². The minimum atomic E-state index is -0.251. The topological polar surface area (TPSA) is 45.6 Å². The fourth-order valence-corrected chi connectivity index (χ4v) is 5.43. The lowest BCUT2D eigenvalue weighted by Crippen LogP contribution is -2.49. The molecule has 1 unspecified atom stereocenters. The zero-order valence-electron chi connectivity index (χ0n) is 22.3. The smallest absolute Gasteiger partial charge is 0.254 e. The number of rotatable bonds is 10. The molecule has 0 radical (unpaired) electrons. The number of carbonyl (C=O) groups excluding carboxylic acids is 2. The maximum Gasteiger partial charge on any atom is 0.254 e. The van der Waals surface area contributed by atoms with Crippen molar-refractivity contribution < 1.29 is 14.0 Å². The summed E-state index contributed by atoms with van der Waals surface area (Å²) < 4.78 is 16.4. The maximum absolute atomic E-state index is 14.0. The van der Waals surface area contributed by atoms with Gasteiger partial charge in [-0.2, -0.15) is 0 Å². The second-order valence-corrected chi connectivity index (χ2v) is 11.2. The number of hydrogen-bond donors (Lipinski definition) is 0. The average Bonchev–Trinajstić information content (AvgIpc) is 3.38. The average molecular weight is 583 g/mol. The van der Waals surface area contributed by atoms with E-state index in [0.717, 1.165) is 47.8 Å². The van der Waals surface area contributed by atoms with Crippen molar-refractivity contribution in [2.24, 2.45) is 0 Å². The zero-order chi connectivity index (χ0) is 27.1. The lowest BCUT2D eigenvalue weighted by atomic mass is 9.94. The molecule has 0 aliphatic heterocycles. The van der Waals surface area contributed by atoms with Crippen LogP contribution in [0.3, 0.4) is 0 Å². The van der Waals surface area contributed by atoms with E-state index >= 15 is 0 Å². The number of nitrogens with zero attached hydrogens (tertiary/aromatic N) is 3. The Morgan fingerprint density at radius 1 is 1.03 bits per heavy atom. The van der Waals surface area contributed by atoms with Crippen molar-refractivity contribution in [2.45, 2.75) is 77.5 Å². The van der Waals surface area contributed by atoms with Gasteiger partial charge in [-0.15, -0.1) is 0 Å². The van der Waals surface area contributed by atoms with Crippen molar-refractivity contribution in [3.8, 4) is 0 Å². The minimum absolute atomic E-state index is 0.0165. The van der Waals surface area contributed by atoms with Crippen LogP contribution in [-0.4, -0.2) is 44.8 Å². The van der Waals surface area contributed by atoms with E-state index in [1.165, 1.54) is 18.6 Å². The molecular weight excluding hydrogens is 545 g/mol. The van der Waals surface area contributed by atoms with Crippen LogP contribution in [0.15, 0.2) is 71.3 Å². The number of hydrogen-bond acceptors (Lipinski definition) is 2. The second kappa shape index (κ2) is 13.2. The SMILES string of the molecule is CCC(C)N(CC(=O)N(Cc1cccn1Cc1ccc(F)cc1)C1CCCCC1)C(=O)c1ccc(Br)cc1.